The molecular formula is C24H24N2O2. The van der Waals surface area contributed by atoms with Crippen LogP contribution in [0.1, 0.15) is 35.3 Å². The number of rotatable bonds is 4. The smallest absolute Gasteiger partial charge is 0.258 e. The second kappa shape index (κ2) is 7.77. The maximum Gasteiger partial charge on any atom is 0.258 e. The van der Waals surface area contributed by atoms with Gasteiger partial charge in [-0.3, -0.25) is 4.79 Å². The molecule has 0 aromatic heterocycles. The number of benzene rings is 3. The van der Waals surface area contributed by atoms with Crippen LogP contribution in [0.15, 0.2) is 78.9 Å². The van der Waals surface area contributed by atoms with Crippen LogP contribution in [0.3, 0.4) is 0 Å². The summed E-state index contributed by atoms with van der Waals surface area (Å²) >= 11 is 0. The predicted molar refractivity (Wildman–Crippen MR) is 113 cm³/mol. The van der Waals surface area contributed by atoms with E-state index in [4.69, 9.17) is 4.74 Å². The standard InChI is InChI=1S/C24H24N2O2/c1-17-15-22(25-19-11-8-12-20(16-19)28-2)21-13-6-7-14-23(21)26(17)24(27)18-9-4-3-5-10-18/h3-14,16-17,22,25H,15H2,1-2H3/t17-,22-/m0/s1. The van der Waals surface area contributed by atoms with Crippen molar-refractivity contribution < 1.29 is 9.53 Å². The van der Waals surface area contributed by atoms with Gasteiger partial charge in [0.15, 0.2) is 0 Å². The van der Waals surface area contributed by atoms with E-state index >= 15 is 0 Å². The van der Waals surface area contributed by atoms with Crippen LogP contribution in [0.4, 0.5) is 11.4 Å². The van der Waals surface area contributed by atoms with Gasteiger partial charge in [0.05, 0.1) is 13.2 Å². The third-order valence-corrected chi connectivity index (χ3v) is 5.24. The van der Waals surface area contributed by atoms with E-state index in [0.29, 0.717) is 5.56 Å². The average molecular weight is 372 g/mol. The Hall–Kier alpha value is -3.27. The SMILES string of the molecule is COc1cccc(N[C@H]2C[C@H](C)N(C(=O)c3ccccc3)c3ccccc32)c1. The van der Waals surface area contributed by atoms with E-state index in [2.05, 4.69) is 18.3 Å². The number of nitrogens with zero attached hydrogens (tertiary/aromatic N) is 1. The van der Waals surface area contributed by atoms with Gasteiger partial charge in [0, 0.05) is 29.0 Å². The lowest BCUT2D eigenvalue weighted by atomic mass is 9.90. The van der Waals surface area contributed by atoms with Crippen LogP contribution in [-0.2, 0) is 0 Å². The molecule has 1 aliphatic rings. The molecule has 1 N–H and O–H groups in total. The third kappa shape index (κ3) is 3.46. The number of nitrogens with one attached hydrogen (secondary N) is 1. The van der Waals surface area contributed by atoms with Crippen LogP contribution in [0.2, 0.25) is 0 Å². The molecule has 28 heavy (non-hydrogen) atoms. The van der Waals surface area contributed by atoms with Crippen molar-refractivity contribution in [3.63, 3.8) is 0 Å². The number of ether oxygens (including phenoxy) is 1. The lowest BCUT2D eigenvalue weighted by Crippen LogP contribution is -2.44. The fourth-order valence-corrected chi connectivity index (χ4v) is 3.89. The summed E-state index contributed by atoms with van der Waals surface area (Å²) in [5.41, 5.74) is 3.82. The number of hydrogen-bond donors (Lipinski definition) is 1. The van der Waals surface area contributed by atoms with E-state index in [1.165, 1.54) is 0 Å². The number of methoxy groups -OCH3 is 1. The molecular weight excluding hydrogens is 348 g/mol. The van der Waals surface area contributed by atoms with Crippen molar-refractivity contribution in [1.29, 1.82) is 0 Å². The monoisotopic (exact) mass is 372 g/mol. The van der Waals surface area contributed by atoms with Gasteiger partial charge in [-0.1, -0.05) is 42.5 Å². The number of amides is 1. The molecule has 4 rings (SSSR count). The summed E-state index contributed by atoms with van der Waals surface area (Å²) in [6.07, 6.45) is 0.826. The highest BCUT2D eigenvalue weighted by molar-refractivity contribution is 6.07. The molecule has 4 heteroatoms. The van der Waals surface area contributed by atoms with Crippen molar-refractivity contribution in [1.82, 2.24) is 0 Å². The van der Waals surface area contributed by atoms with E-state index in [1.54, 1.807) is 7.11 Å². The highest BCUT2D eigenvalue weighted by Crippen LogP contribution is 2.39. The fraction of sp³-hybridized carbons (Fsp3) is 0.208. The molecule has 1 aliphatic heterocycles. The van der Waals surface area contributed by atoms with Gasteiger partial charge >= 0.3 is 0 Å². The summed E-state index contributed by atoms with van der Waals surface area (Å²) in [4.78, 5) is 15.1. The van der Waals surface area contributed by atoms with Crippen LogP contribution in [0.5, 0.6) is 5.75 Å². The topological polar surface area (TPSA) is 41.6 Å². The Labute approximate surface area is 165 Å². The Morgan fingerprint density at radius 1 is 1.00 bits per heavy atom. The van der Waals surface area contributed by atoms with Gasteiger partial charge in [-0.2, -0.15) is 0 Å². The number of anilines is 2. The third-order valence-electron chi connectivity index (χ3n) is 5.24. The molecule has 0 aliphatic carbocycles. The molecule has 2 atom stereocenters. The highest BCUT2D eigenvalue weighted by atomic mass is 16.5. The van der Waals surface area contributed by atoms with Gasteiger partial charge in [0.1, 0.15) is 5.75 Å². The molecule has 0 spiro atoms. The molecule has 0 saturated carbocycles. The maximum absolute atomic E-state index is 13.2. The van der Waals surface area contributed by atoms with Crippen molar-refractivity contribution in [2.75, 3.05) is 17.3 Å². The summed E-state index contributed by atoms with van der Waals surface area (Å²) in [6.45, 7) is 2.11. The van der Waals surface area contributed by atoms with Gasteiger partial charge in [-0.15, -0.1) is 0 Å². The Morgan fingerprint density at radius 3 is 2.54 bits per heavy atom. The number of carbonyl (C=O) groups excluding carboxylic acids is 1. The summed E-state index contributed by atoms with van der Waals surface area (Å²) < 4.78 is 5.34. The van der Waals surface area contributed by atoms with E-state index in [-0.39, 0.29) is 18.0 Å². The van der Waals surface area contributed by atoms with Gasteiger partial charge in [0.2, 0.25) is 0 Å². The van der Waals surface area contributed by atoms with Crippen molar-refractivity contribution >= 4 is 17.3 Å². The molecule has 0 bridgehead atoms. The first-order chi connectivity index (χ1) is 13.7. The molecule has 3 aromatic rings. The fourth-order valence-electron chi connectivity index (χ4n) is 3.89. The zero-order valence-electron chi connectivity index (χ0n) is 16.1. The first-order valence-corrected chi connectivity index (χ1v) is 9.55. The number of para-hydroxylation sites is 1. The van der Waals surface area contributed by atoms with Gasteiger partial charge in [-0.25, -0.2) is 0 Å². The maximum atomic E-state index is 13.2. The summed E-state index contributed by atoms with van der Waals surface area (Å²) in [5, 5.41) is 3.62. The highest BCUT2D eigenvalue weighted by Gasteiger charge is 2.34. The summed E-state index contributed by atoms with van der Waals surface area (Å²) in [6, 6.07) is 25.8. The van der Waals surface area contributed by atoms with E-state index in [1.807, 2.05) is 77.7 Å². The molecule has 0 radical (unpaired) electrons. The summed E-state index contributed by atoms with van der Waals surface area (Å²) in [5.74, 6) is 0.864. The van der Waals surface area contributed by atoms with E-state index in [0.717, 1.165) is 29.1 Å². The average Bonchev–Trinajstić information content (AvgIpc) is 2.74. The van der Waals surface area contributed by atoms with Crippen LogP contribution in [-0.4, -0.2) is 19.1 Å². The zero-order chi connectivity index (χ0) is 19.5. The molecule has 142 valence electrons. The predicted octanol–water partition coefficient (Wildman–Crippen LogP) is 5.29. The molecule has 0 fully saturated rings. The Kier molecular flexibility index (Phi) is 5.02. The van der Waals surface area contributed by atoms with Crippen LogP contribution >= 0.6 is 0 Å². The van der Waals surface area contributed by atoms with Crippen LogP contribution in [0.25, 0.3) is 0 Å². The number of carbonyl (C=O) groups is 1. The molecule has 3 aromatic carbocycles. The first kappa shape index (κ1) is 18.1. The zero-order valence-corrected chi connectivity index (χ0v) is 16.1. The largest absolute Gasteiger partial charge is 0.497 e. The molecule has 1 amide bonds. The van der Waals surface area contributed by atoms with Gasteiger partial charge in [0.25, 0.3) is 5.91 Å². The second-order valence-electron chi connectivity index (χ2n) is 7.11. The first-order valence-electron chi connectivity index (χ1n) is 9.55. The van der Waals surface area contributed by atoms with Crippen molar-refractivity contribution in [3.8, 4) is 5.75 Å². The molecule has 0 saturated heterocycles. The Balaban J connectivity index is 1.67. The Bertz CT molecular complexity index is 971. The van der Waals surface area contributed by atoms with Gasteiger partial charge in [-0.05, 0) is 49.2 Å². The lowest BCUT2D eigenvalue weighted by Gasteiger charge is -2.40. The number of fused-ring (bicyclic) bond motifs is 1. The quantitative estimate of drug-likeness (QED) is 0.677. The van der Waals surface area contributed by atoms with Gasteiger partial charge < -0.3 is 15.0 Å². The Morgan fingerprint density at radius 2 is 1.75 bits per heavy atom. The summed E-state index contributed by atoms with van der Waals surface area (Å²) in [7, 11) is 1.67. The lowest BCUT2D eigenvalue weighted by molar-refractivity contribution is 0.0974. The van der Waals surface area contributed by atoms with Crippen molar-refractivity contribution in [2.24, 2.45) is 0 Å². The minimum absolute atomic E-state index is 0.0420. The number of hydrogen-bond acceptors (Lipinski definition) is 3. The molecule has 1 heterocycles. The second-order valence-corrected chi connectivity index (χ2v) is 7.11. The van der Waals surface area contributed by atoms with Crippen molar-refractivity contribution in [2.45, 2.75) is 25.4 Å². The van der Waals surface area contributed by atoms with Crippen LogP contribution in [0, 0.1) is 0 Å². The van der Waals surface area contributed by atoms with Crippen molar-refractivity contribution in [3.05, 3.63) is 90.0 Å². The molecule has 0 unspecified atom stereocenters. The van der Waals surface area contributed by atoms with E-state index < -0.39 is 0 Å². The normalized spacial score (nSPS) is 18.3. The van der Waals surface area contributed by atoms with Crippen LogP contribution < -0.4 is 15.0 Å². The molecule has 4 nitrogen and oxygen atoms in total. The minimum Gasteiger partial charge on any atom is -0.497 e. The minimum atomic E-state index is 0.0420. The van der Waals surface area contributed by atoms with E-state index in [9.17, 15) is 4.79 Å².